The molecule has 0 radical (unpaired) electrons. The van der Waals surface area contributed by atoms with E-state index in [2.05, 4.69) is 4.98 Å². The van der Waals surface area contributed by atoms with Gasteiger partial charge in [-0.05, 0) is 42.0 Å². The minimum Gasteiger partial charge on any atom is -0.448 e. The number of benzene rings is 4. The largest absolute Gasteiger partial charge is 0.448 e. The van der Waals surface area contributed by atoms with E-state index in [0.717, 1.165) is 22.7 Å². The fourth-order valence-corrected chi connectivity index (χ4v) is 5.88. The number of hydrogen-bond donors (Lipinski definition) is 1. The Morgan fingerprint density at radius 1 is 1.02 bits per heavy atom. The molecule has 1 N–H and O–H groups in total. The molecule has 0 aliphatic heterocycles. The van der Waals surface area contributed by atoms with Crippen molar-refractivity contribution in [1.82, 2.24) is 9.55 Å². The molecule has 0 bridgehead atoms. The molecular weight excluding hydrogens is 617 g/mol. The van der Waals surface area contributed by atoms with Gasteiger partial charge in [-0.2, -0.15) is 17.5 Å². The molecule has 13 heteroatoms. The zero-order valence-electron chi connectivity index (χ0n) is 23.9. The van der Waals surface area contributed by atoms with E-state index in [9.17, 15) is 26.7 Å². The van der Waals surface area contributed by atoms with Gasteiger partial charge < -0.3 is 9.64 Å². The Hall–Kier alpha value is -4.13. The fourth-order valence-electron chi connectivity index (χ4n) is 5.11. The highest BCUT2D eigenvalue weighted by Crippen LogP contribution is 2.38. The predicted molar refractivity (Wildman–Crippen MR) is 167 cm³/mol. The molecule has 44 heavy (non-hydrogen) atoms. The second-order valence-corrected chi connectivity index (χ2v) is 11.4. The molecule has 8 nitrogen and oxygen atoms in total. The van der Waals surface area contributed by atoms with Crippen LogP contribution in [-0.2, 0) is 35.0 Å². The van der Waals surface area contributed by atoms with Gasteiger partial charge in [-0.1, -0.05) is 54.9 Å². The van der Waals surface area contributed by atoms with Crippen LogP contribution in [0.3, 0.4) is 0 Å². The van der Waals surface area contributed by atoms with Crippen molar-refractivity contribution in [2.24, 2.45) is 0 Å². The number of fused-ring (bicyclic) bond motifs is 2. The molecule has 230 valence electrons. The van der Waals surface area contributed by atoms with Crippen molar-refractivity contribution in [2.45, 2.75) is 25.9 Å². The highest BCUT2D eigenvalue weighted by molar-refractivity contribution is 7.81. The van der Waals surface area contributed by atoms with Crippen LogP contribution in [-0.4, -0.2) is 45.1 Å². The standard InChI is InChI=1S/C31H28ClF3N4O4S/c1-4-29-36-25-17-23(31(33,34)35)24(32)18-28(25)38(29)20-13-11-19(12-14-20)15-16-43-30(40)39(44(41)42)27-10-6-7-21-22(27)8-5-9-26(21)37(2)3/h5-14,17-18H,4,15-16H2,1-3H3,(H,41,42). The zero-order valence-corrected chi connectivity index (χ0v) is 25.5. The maximum atomic E-state index is 13.4. The van der Waals surface area contributed by atoms with Gasteiger partial charge in [0.05, 0.1) is 33.9 Å². The lowest BCUT2D eigenvalue weighted by Gasteiger charge is -2.21. The molecule has 5 rings (SSSR count). The number of aryl methyl sites for hydroxylation is 1. The molecule has 0 saturated heterocycles. The fraction of sp³-hybridized carbons (Fsp3) is 0.226. The summed E-state index contributed by atoms with van der Waals surface area (Å²) in [6.07, 6.45) is -4.79. The molecule has 1 atom stereocenters. The van der Waals surface area contributed by atoms with Crippen LogP contribution in [0.15, 0.2) is 72.8 Å². The van der Waals surface area contributed by atoms with Crippen LogP contribution in [0, 0.1) is 0 Å². The smallest absolute Gasteiger partial charge is 0.428 e. The molecule has 0 aliphatic rings. The minimum atomic E-state index is -4.60. The number of nitrogens with zero attached hydrogens (tertiary/aromatic N) is 4. The number of ether oxygens (including phenoxy) is 1. The van der Waals surface area contributed by atoms with Crippen molar-refractivity contribution in [2.75, 3.05) is 29.9 Å². The van der Waals surface area contributed by atoms with E-state index in [1.165, 1.54) is 6.07 Å². The lowest BCUT2D eigenvalue weighted by Crippen LogP contribution is -2.33. The maximum Gasteiger partial charge on any atom is 0.428 e. The van der Waals surface area contributed by atoms with Crippen molar-refractivity contribution in [3.8, 4) is 5.69 Å². The third kappa shape index (κ3) is 6.10. The topological polar surface area (TPSA) is 87.9 Å². The Balaban J connectivity index is 1.33. The minimum absolute atomic E-state index is 0.0658. The summed E-state index contributed by atoms with van der Waals surface area (Å²) in [5.41, 5.74) is 2.30. The molecule has 1 amide bonds. The van der Waals surface area contributed by atoms with Gasteiger partial charge in [0.1, 0.15) is 5.82 Å². The van der Waals surface area contributed by atoms with Crippen LogP contribution >= 0.6 is 11.6 Å². The van der Waals surface area contributed by atoms with Crippen LogP contribution in [0.4, 0.5) is 29.3 Å². The molecule has 0 aliphatic carbocycles. The van der Waals surface area contributed by atoms with Crippen LogP contribution in [0.1, 0.15) is 23.9 Å². The van der Waals surface area contributed by atoms with E-state index in [0.29, 0.717) is 39.6 Å². The van der Waals surface area contributed by atoms with Gasteiger partial charge in [0.2, 0.25) is 0 Å². The van der Waals surface area contributed by atoms with E-state index in [4.69, 9.17) is 16.3 Å². The quantitative estimate of drug-likeness (QED) is 0.173. The molecule has 1 unspecified atom stereocenters. The first-order valence-electron chi connectivity index (χ1n) is 13.5. The van der Waals surface area contributed by atoms with E-state index in [-0.39, 0.29) is 17.8 Å². The highest BCUT2D eigenvalue weighted by atomic mass is 35.5. The first-order chi connectivity index (χ1) is 20.9. The van der Waals surface area contributed by atoms with Crippen LogP contribution in [0.2, 0.25) is 5.02 Å². The van der Waals surface area contributed by atoms with Crippen LogP contribution in [0.5, 0.6) is 0 Å². The van der Waals surface area contributed by atoms with Gasteiger partial charge in [0.15, 0.2) is 0 Å². The second kappa shape index (κ2) is 12.5. The number of aromatic nitrogens is 2. The summed E-state index contributed by atoms with van der Waals surface area (Å²) in [6.45, 7) is 1.79. The number of hydrogen-bond acceptors (Lipinski definition) is 5. The van der Waals surface area contributed by atoms with E-state index in [1.807, 2.05) is 38.1 Å². The zero-order chi connectivity index (χ0) is 31.8. The molecule has 0 fully saturated rings. The van der Waals surface area contributed by atoms with E-state index in [1.54, 1.807) is 53.1 Å². The number of amides is 1. The highest BCUT2D eigenvalue weighted by Gasteiger charge is 2.34. The summed E-state index contributed by atoms with van der Waals surface area (Å²) in [7, 11) is 3.76. The normalized spacial score (nSPS) is 12.5. The third-order valence-electron chi connectivity index (χ3n) is 7.14. The number of rotatable bonds is 8. The molecule has 5 aromatic rings. The Bertz CT molecular complexity index is 1880. The maximum absolute atomic E-state index is 13.4. The molecule has 1 aromatic heterocycles. The van der Waals surface area contributed by atoms with Crippen molar-refractivity contribution in [3.63, 3.8) is 0 Å². The summed E-state index contributed by atoms with van der Waals surface area (Å²) in [5, 5.41) is 1.01. The monoisotopic (exact) mass is 644 g/mol. The number of halogens is 4. The summed E-state index contributed by atoms with van der Waals surface area (Å²) < 4.78 is 70.3. The summed E-state index contributed by atoms with van der Waals surface area (Å²) in [5.74, 6) is 0.570. The average Bonchev–Trinajstić information content (AvgIpc) is 3.33. The van der Waals surface area contributed by atoms with Crippen molar-refractivity contribution in [3.05, 3.63) is 94.8 Å². The van der Waals surface area contributed by atoms with Crippen molar-refractivity contribution < 1.29 is 31.5 Å². The predicted octanol–water partition coefficient (Wildman–Crippen LogP) is 7.80. The number of carbonyl (C=O) groups is 1. The van der Waals surface area contributed by atoms with Gasteiger partial charge in [-0.15, -0.1) is 0 Å². The summed E-state index contributed by atoms with van der Waals surface area (Å²) in [4.78, 5) is 19.3. The Morgan fingerprint density at radius 3 is 2.25 bits per heavy atom. The van der Waals surface area contributed by atoms with Gasteiger partial charge in [-0.3, -0.25) is 9.12 Å². The van der Waals surface area contributed by atoms with Crippen LogP contribution in [0.25, 0.3) is 27.5 Å². The number of anilines is 2. The number of carbonyl (C=O) groups excluding carboxylic acids is 1. The molecule has 0 spiro atoms. The molecular formula is C31H28ClF3N4O4S. The second-order valence-electron chi connectivity index (χ2n) is 10.1. The SMILES string of the molecule is CCc1nc2cc(C(F)(F)F)c(Cl)cc2n1-c1ccc(CCOC(=O)N(c2cccc3c(N(C)C)cccc23)S(=O)O)cc1. The first kappa shape index (κ1) is 31.3. The first-order valence-corrected chi connectivity index (χ1v) is 15.0. The molecule has 4 aromatic carbocycles. The lowest BCUT2D eigenvalue weighted by molar-refractivity contribution is -0.137. The third-order valence-corrected chi connectivity index (χ3v) is 8.11. The molecule has 1 heterocycles. The lowest BCUT2D eigenvalue weighted by atomic mass is 10.1. The van der Waals surface area contributed by atoms with Crippen LogP contribution < -0.4 is 9.21 Å². The van der Waals surface area contributed by atoms with Gasteiger partial charge in [0.25, 0.3) is 11.3 Å². The number of alkyl halides is 3. The van der Waals surface area contributed by atoms with Gasteiger partial charge in [0, 0.05) is 49.1 Å². The average molecular weight is 645 g/mol. The Kier molecular flexibility index (Phi) is 8.87. The number of imidazole rings is 1. The van der Waals surface area contributed by atoms with Crippen molar-refractivity contribution in [1.29, 1.82) is 0 Å². The Labute approximate surface area is 259 Å². The van der Waals surface area contributed by atoms with Gasteiger partial charge in [-0.25, -0.2) is 14.0 Å². The van der Waals surface area contributed by atoms with E-state index >= 15 is 0 Å². The Morgan fingerprint density at radius 2 is 1.66 bits per heavy atom. The summed E-state index contributed by atoms with van der Waals surface area (Å²) in [6, 6.07) is 20.0. The van der Waals surface area contributed by atoms with Gasteiger partial charge >= 0.3 is 12.3 Å². The van der Waals surface area contributed by atoms with E-state index < -0.39 is 34.1 Å². The molecule has 0 saturated carbocycles. The van der Waals surface area contributed by atoms with Crippen molar-refractivity contribution >= 4 is 62.1 Å². The summed E-state index contributed by atoms with van der Waals surface area (Å²) >= 11 is 3.31.